The lowest BCUT2D eigenvalue weighted by atomic mass is 9.94. The summed E-state index contributed by atoms with van der Waals surface area (Å²) in [6, 6.07) is 8.90. The third-order valence-electron chi connectivity index (χ3n) is 3.36. The minimum atomic E-state index is 0.542. The van der Waals surface area contributed by atoms with E-state index in [4.69, 9.17) is 5.84 Å². The van der Waals surface area contributed by atoms with E-state index in [-0.39, 0.29) is 0 Å². The minimum absolute atomic E-state index is 0.542. The van der Waals surface area contributed by atoms with Gasteiger partial charge in [-0.2, -0.15) is 0 Å². The van der Waals surface area contributed by atoms with Crippen molar-refractivity contribution in [3.05, 3.63) is 29.8 Å². The number of anilines is 1. The zero-order valence-corrected chi connectivity index (χ0v) is 9.45. The molecule has 2 heteroatoms. The van der Waals surface area contributed by atoms with Gasteiger partial charge in [-0.25, -0.2) is 5.84 Å². The van der Waals surface area contributed by atoms with Gasteiger partial charge in [0.25, 0.3) is 0 Å². The van der Waals surface area contributed by atoms with E-state index in [1.54, 1.807) is 0 Å². The molecule has 1 saturated carbocycles. The first-order chi connectivity index (χ1) is 7.29. The Bertz CT molecular complexity index is 316. The van der Waals surface area contributed by atoms with Gasteiger partial charge in [-0.15, -0.1) is 0 Å². The number of aryl methyl sites for hydroxylation is 1. The summed E-state index contributed by atoms with van der Waals surface area (Å²) in [5.74, 6) is 6.20. The third-order valence-corrected chi connectivity index (χ3v) is 3.36. The molecule has 1 aromatic carbocycles. The molecule has 0 spiro atoms. The molecular formula is C13H20N2. The number of hydrogen-bond acceptors (Lipinski definition) is 2. The summed E-state index contributed by atoms with van der Waals surface area (Å²) in [5, 5.41) is 1.98. The summed E-state index contributed by atoms with van der Waals surface area (Å²) < 4.78 is 0. The smallest absolute Gasteiger partial charge is 0.0549 e. The Hall–Kier alpha value is -1.02. The highest BCUT2D eigenvalue weighted by Gasteiger charge is 2.19. The van der Waals surface area contributed by atoms with Gasteiger partial charge < -0.3 is 5.01 Å². The van der Waals surface area contributed by atoms with E-state index in [1.807, 2.05) is 5.01 Å². The lowest BCUT2D eigenvalue weighted by Gasteiger charge is -2.33. The van der Waals surface area contributed by atoms with Gasteiger partial charge in [0.05, 0.1) is 5.69 Å². The molecule has 0 bridgehead atoms. The van der Waals surface area contributed by atoms with E-state index in [2.05, 4.69) is 31.2 Å². The quantitative estimate of drug-likeness (QED) is 0.592. The predicted octanol–water partition coefficient (Wildman–Crippen LogP) is 3.01. The van der Waals surface area contributed by atoms with Crippen LogP contribution in [0.25, 0.3) is 0 Å². The van der Waals surface area contributed by atoms with Crippen molar-refractivity contribution in [3.8, 4) is 0 Å². The van der Waals surface area contributed by atoms with Gasteiger partial charge in [0.1, 0.15) is 0 Å². The average Bonchev–Trinajstić information content (AvgIpc) is 2.30. The normalized spacial score (nSPS) is 17.7. The molecule has 1 fully saturated rings. The Morgan fingerprint density at radius 1 is 1.13 bits per heavy atom. The zero-order valence-electron chi connectivity index (χ0n) is 9.45. The topological polar surface area (TPSA) is 29.3 Å². The van der Waals surface area contributed by atoms with Crippen molar-refractivity contribution >= 4 is 5.69 Å². The van der Waals surface area contributed by atoms with Crippen molar-refractivity contribution in [2.45, 2.75) is 45.1 Å². The lowest BCUT2D eigenvalue weighted by Crippen LogP contribution is -2.42. The first kappa shape index (κ1) is 10.5. The van der Waals surface area contributed by atoms with Crippen LogP contribution in [-0.2, 0) is 0 Å². The predicted molar refractivity (Wildman–Crippen MR) is 64.7 cm³/mol. The molecule has 1 aliphatic rings. The molecule has 1 aromatic rings. The van der Waals surface area contributed by atoms with E-state index in [0.29, 0.717) is 6.04 Å². The van der Waals surface area contributed by atoms with Crippen LogP contribution in [0.4, 0.5) is 5.69 Å². The van der Waals surface area contributed by atoms with E-state index < -0.39 is 0 Å². The van der Waals surface area contributed by atoms with E-state index in [0.717, 1.165) is 0 Å². The second kappa shape index (κ2) is 4.67. The third kappa shape index (κ3) is 2.32. The van der Waals surface area contributed by atoms with Crippen molar-refractivity contribution < 1.29 is 0 Å². The second-order valence-electron chi connectivity index (χ2n) is 4.49. The van der Waals surface area contributed by atoms with Gasteiger partial charge >= 0.3 is 0 Å². The van der Waals surface area contributed by atoms with Crippen molar-refractivity contribution in [2.75, 3.05) is 5.01 Å². The highest BCUT2D eigenvalue weighted by molar-refractivity contribution is 5.52. The SMILES string of the molecule is Cc1ccccc1N(N)C1CCCCC1. The van der Waals surface area contributed by atoms with Crippen LogP contribution >= 0.6 is 0 Å². The number of benzene rings is 1. The van der Waals surface area contributed by atoms with Gasteiger partial charge in [0, 0.05) is 6.04 Å². The molecule has 82 valence electrons. The molecule has 0 aromatic heterocycles. The summed E-state index contributed by atoms with van der Waals surface area (Å²) in [4.78, 5) is 0. The maximum atomic E-state index is 6.20. The number of nitrogens with two attached hydrogens (primary N) is 1. The van der Waals surface area contributed by atoms with Crippen LogP contribution in [-0.4, -0.2) is 6.04 Å². The minimum Gasteiger partial charge on any atom is -0.308 e. The maximum Gasteiger partial charge on any atom is 0.0549 e. The maximum absolute atomic E-state index is 6.20. The Balaban J connectivity index is 2.12. The molecule has 0 amide bonds. The molecule has 0 saturated heterocycles. The fourth-order valence-electron chi connectivity index (χ4n) is 2.41. The average molecular weight is 204 g/mol. The highest BCUT2D eigenvalue weighted by Crippen LogP contribution is 2.26. The molecule has 2 N–H and O–H groups in total. The zero-order chi connectivity index (χ0) is 10.7. The first-order valence-electron chi connectivity index (χ1n) is 5.88. The van der Waals surface area contributed by atoms with Gasteiger partial charge in [0.15, 0.2) is 0 Å². The summed E-state index contributed by atoms with van der Waals surface area (Å²) in [5.41, 5.74) is 2.45. The van der Waals surface area contributed by atoms with Crippen LogP contribution in [0.2, 0.25) is 0 Å². The Morgan fingerprint density at radius 2 is 1.80 bits per heavy atom. The first-order valence-corrected chi connectivity index (χ1v) is 5.88. The summed E-state index contributed by atoms with van der Waals surface area (Å²) >= 11 is 0. The summed E-state index contributed by atoms with van der Waals surface area (Å²) in [7, 11) is 0. The highest BCUT2D eigenvalue weighted by atomic mass is 15.4. The monoisotopic (exact) mass is 204 g/mol. The van der Waals surface area contributed by atoms with Crippen molar-refractivity contribution in [1.82, 2.24) is 0 Å². The fraction of sp³-hybridized carbons (Fsp3) is 0.538. The molecule has 15 heavy (non-hydrogen) atoms. The molecule has 0 aliphatic heterocycles. The van der Waals surface area contributed by atoms with E-state index in [9.17, 15) is 0 Å². The lowest BCUT2D eigenvalue weighted by molar-refractivity contribution is 0.417. The van der Waals surface area contributed by atoms with Gasteiger partial charge in [-0.3, -0.25) is 0 Å². The number of rotatable bonds is 2. The van der Waals surface area contributed by atoms with Crippen LogP contribution in [0.5, 0.6) is 0 Å². The molecule has 2 rings (SSSR count). The number of nitrogens with zero attached hydrogens (tertiary/aromatic N) is 1. The number of hydrogen-bond donors (Lipinski definition) is 1. The second-order valence-corrected chi connectivity index (χ2v) is 4.49. The van der Waals surface area contributed by atoms with Crippen LogP contribution in [0.1, 0.15) is 37.7 Å². The molecule has 1 aliphatic carbocycles. The van der Waals surface area contributed by atoms with E-state index in [1.165, 1.54) is 43.4 Å². The standard InChI is InChI=1S/C13H20N2/c1-11-7-5-6-10-13(11)15(14)12-8-3-2-4-9-12/h5-7,10,12H,2-4,8-9,14H2,1H3. The molecule has 0 atom stereocenters. The fourth-order valence-corrected chi connectivity index (χ4v) is 2.41. The van der Waals surface area contributed by atoms with Crippen molar-refractivity contribution in [1.29, 1.82) is 0 Å². The van der Waals surface area contributed by atoms with Crippen LogP contribution in [0, 0.1) is 6.92 Å². The molecule has 0 heterocycles. The Morgan fingerprint density at radius 3 is 2.47 bits per heavy atom. The summed E-state index contributed by atoms with van der Waals surface area (Å²) in [6.07, 6.45) is 6.50. The van der Waals surface area contributed by atoms with Crippen LogP contribution in [0.3, 0.4) is 0 Å². The summed E-state index contributed by atoms with van der Waals surface area (Å²) in [6.45, 7) is 2.12. The molecular weight excluding hydrogens is 184 g/mol. The van der Waals surface area contributed by atoms with Gasteiger partial charge in [0.2, 0.25) is 0 Å². The van der Waals surface area contributed by atoms with Crippen molar-refractivity contribution in [2.24, 2.45) is 5.84 Å². The van der Waals surface area contributed by atoms with E-state index >= 15 is 0 Å². The molecule has 0 unspecified atom stereocenters. The van der Waals surface area contributed by atoms with Crippen molar-refractivity contribution in [3.63, 3.8) is 0 Å². The van der Waals surface area contributed by atoms with Crippen LogP contribution < -0.4 is 10.9 Å². The number of para-hydroxylation sites is 1. The van der Waals surface area contributed by atoms with Gasteiger partial charge in [-0.1, -0.05) is 37.5 Å². The Kier molecular flexibility index (Phi) is 3.27. The Labute approximate surface area is 92.1 Å². The molecule has 2 nitrogen and oxygen atoms in total. The van der Waals surface area contributed by atoms with Gasteiger partial charge in [-0.05, 0) is 31.4 Å². The molecule has 0 radical (unpaired) electrons. The van der Waals surface area contributed by atoms with Crippen LogP contribution in [0.15, 0.2) is 24.3 Å². The number of hydrazine groups is 1. The largest absolute Gasteiger partial charge is 0.308 e.